The fraction of sp³-hybridized carbons (Fsp3) is 0.154. The Balaban J connectivity index is 2.26. The first-order chi connectivity index (χ1) is 8.97. The van der Waals surface area contributed by atoms with Gasteiger partial charge in [-0.25, -0.2) is 0 Å². The van der Waals surface area contributed by atoms with Crippen LogP contribution in [-0.2, 0) is 0 Å². The van der Waals surface area contributed by atoms with Crippen molar-refractivity contribution in [1.82, 2.24) is 4.98 Å². The number of anilines is 1. The highest BCUT2D eigenvalue weighted by Crippen LogP contribution is 2.27. The zero-order valence-electron chi connectivity index (χ0n) is 10.6. The quantitative estimate of drug-likeness (QED) is 0.899. The van der Waals surface area contributed by atoms with Crippen molar-refractivity contribution in [2.45, 2.75) is 13.8 Å². The molecule has 2 aromatic rings. The Bertz CT molecular complexity index is 649. The summed E-state index contributed by atoms with van der Waals surface area (Å²) in [6, 6.07) is 3.39. The van der Waals surface area contributed by atoms with Crippen LogP contribution in [0.2, 0.25) is 0 Å². The molecule has 0 unspecified atom stereocenters. The van der Waals surface area contributed by atoms with E-state index in [0.717, 1.165) is 10.4 Å². The SMILES string of the molecule is Cc1cncc(C(=O)Nc2sc(C)cc2C(N)=O)c1. The van der Waals surface area contributed by atoms with Crippen LogP contribution < -0.4 is 11.1 Å². The van der Waals surface area contributed by atoms with Crippen molar-refractivity contribution in [3.05, 3.63) is 46.1 Å². The molecule has 0 fully saturated rings. The lowest BCUT2D eigenvalue weighted by Gasteiger charge is -2.04. The smallest absolute Gasteiger partial charge is 0.257 e. The van der Waals surface area contributed by atoms with Gasteiger partial charge in [0.1, 0.15) is 5.00 Å². The standard InChI is InChI=1S/C13H13N3O2S/c1-7-3-9(6-15-5-7)12(18)16-13-10(11(14)17)4-8(2)19-13/h3-6H,1-2H3,(H2,14,17)(H,16,18). The summed E-state index contributed by atoms with van der Waals surface area (Å²) in [6.07, 6.45) is 3.15. The molecule has 0 saturated carbocycles. The number of aryl methyl sites for hydroxylation is 2. The zero-order valence-corrected chi connectivity index (χ0v) is 11.4. The van der Waals surface area contributed by atoms with E-state index in [1.54, 1.807) is 18.3 Å². The van der Waals surface area contributed by atoms with Gasteiger partial charge in [0.15, 0.2) is 0 Å². The van der Waals surface area contributed by atoms with Crippen molar-refractivity contribution in [1.29, 1.82) is 0 Å². The van der Waals surface area contributed by atoms with Crippen molar-refractivity contribution in [3.8, 4) is 0 Å². The fourth-order valence-corrected chi connectivity index (χ4v) is 2.56. The third-order valence-corrected chi connectivity index (χ3v) is 3.45. The third kappa shape index (κ3) is 2.97. The van der Waals surface area contributed by atoms with Gasteiger partial charge in [-0.2, -0.15) is 0 Å². The predicted molar refractivity (Wildman–Crippen MR) is 74.5 cm³/mol. The second kappa shape index (κ2) is 5.19. The van der Waals surface area contributed by atoms with Crippen LogP contribution >= 0.6 is 11.3 Å². The lowest BCUT2D eigenvalue weighted by molar-refractivity contribution is 0.100. The van der Waals surface area contributed by atoms with Gasteiger partial charge in [0, 0.05) is 17.3 Å². The fourth-order valence-electron chi connectivity index (χ4n) is 1.64. The Morgan fingerprint density at radius 1 is 1.26 bits per heavy atom. The maximum Gasteiger partial charge on any atom is 0.257 e. The molecule has 98 valence electrons. The minimum atomic E-state index is -0.554. The summed E-state index contributed by atoms with van der Waals surface area (Å²) >= 11 is 1.32. The van der Waals surface area contributed by atoms with Crippen molar-refractivity contribution >= 4 is 28.2 Å². The van der Waals surface area contributed by atoms with E-state index < -0.39 is 5.91 Å². The van der Waals surface area contributed by atoms with Crippen molar-refractivity contribution in [2.75, 3.05) is 5.32 Å². The van der Waals surface area contributed by atoms with Crippen LogP contribution in [0.3, 0.4) is 0 Å². The van der Waals surface area contributed by atoms with Gasteiger partial charge in [0.25, 0.3) is 11.8 Å². The van der Waals surface area contributed by atoms with E-state index in [4.69, 9.17) is 5.73 Å². The van der Waals surface area contributed by atoms with Crippen LogP contribution in [0.25, 0.3) is 0 Å². The number of carbonyl (C=O) groups excluding carboxylic acids is 2. The Kier molecular flexibility index (Phi) is 3.62. The molecule has 0 radical (unpaired) electrons. The van der Waals surface area contributed by atoms with Gasteiger partial charge in [-0.15, -0.1) is 11.3 Å². The molecule has 19 heavy (non-hydrogen) atoms. The van der Waals surface area contributed by atoms with Gasteiger partial charge in [-0.1, -0.05) is 0 Å². The van der Waals surface area contributed by atoms with E-state index in [1.165, 1.54) is 17.5 Å². The summed E-state index contributed by atoms with van der Waals surface area (Å²) < 4.78 is 0. The van der Waals surface area contributed by atoms with Crippen molar-refractivity contribution in [3.63, 3.8) is 0 Å². The summed E-state index contributed by atoms with van der Waals surface area (Å²) in [5.74, 6) is -0.859. The number of aromatic nitrogens is 1. The number of rotatable bonds is 3. The van der Waals surface area contributed by atoms with E-state index in [2.05, 4.69) is 10.3 Å². The Morgan fingerprint density at radius 3 is 2.63 bits per heavy atom. The second-order valence-electron chi connectivity index (χ2n) is 4.17. The maximum absolute atomic E-state index is 12.1. The van der Waals surface area contributed by atoms with Crippen molar-refractivity contribution in [2.24, 2.45) is 5.73 Å². The number of thiophene rings is 1. The number of nitrogens with one attached hydrogen (secondary N) is 1. The third-order valence-electron chi connectivity index (χ3n) is 2.48. The molecule has 2 rings (SSSR count). The molecule has 0 atom stereocenters. The topological polar surface area (TPSA) is 85.1 Å². The first-order valence-corrected chi connectivity index (χ1v) is 6.42. The minimum Gasteiger partial charge on any atom is -0.366 e. The van der Waals surface area contributed by atoms with Crippen LogP contribution in [0.4, 0.5) is 5.00 Å². The van der Waals surface area contributed by atoms with Gasteiger partial charge in [-0.05, 0) is 31.5 Å². The highest BCUT2D eigenvalue weighted by molar-refractivity contribution is 7.16. The van der Waals surface area contributed by atoms with Crippen LogP contribution in [-0.4, -0.2) is 16.8 Å². The molecule has 6 heteroatoms. The zero-order chi connectivity index (χ0) is 14.0. The van der Waals surface area contributed by atoms with Crippen LogP contribution in [0, 0.1) is 13.8 Å². The summed E-state index contributed by atoms with van der Waals surface area (Å²) in [6.45, 7) is 3.70. The summed E-state index contributed by atoms with van der Waals surface area (Å²) in [5.41, 5.74) is 6.94. The maximum atomic E-state index is 12.1. The molecule has 0 aliphatic rings. The van der Waals surface area contributed by atoms with E-state index in [1.807, 2.05) is 13.8 Å². The highest BCUT2D eigenvalue weighted by Gasteiger charge is 2.15. The molecule has 2 aromatic heterocycles. The van der Waals surface area contributed by atoms with Gasteiger partial charge in [0.2, 0.25) is 0 Å². The first-order valence-electron chi connectivity index (χ1n) is 5.60. The number of primary amides is 1. The monoisotopic (exact) mass is 275 g/mol. The Labute approximate surface area is 114 Å². The molecule has 0 aliphatic carbocycles. The van der Waals surface area contributed by atoms with Crippen LogP contribution in [0.15, 0.2) is 24.5 Å². The van der Waals surface area contributed by atoms with Crippen molar-refractivity contribution < 1.29 is 9.59 Å². The molecule has 2 amide bonds. The predicted octanol–water partition coefficient (Wildman–Crippen LogP) is 2.11. The van der Waals surface area contributed by atoms with Gasteiger partial charge in [-0.3, -0.25) is 14.6 Å². The summed E-state index contributed by atoms with van der Waals surface area (Å²) in [4.78, 5) is 28.2. The normalized spacial score (nSPS) is 10.2. The van der Waals surface area contributed by atoms with Crippen LogP contribution in [0.1, 0.15) is 31.2 Å². The number of carbonyl (C=O) groups is 2. The molecule has 2 heterocycles. The Morgan fingerprint density at radius 2 is 2.00 bits per heavy atom. The van der Waals surface area contributed by atoms with Gasteiger partial charge < -0.3 is 11.1 Å². The number of nitrogens with zero attached hydrogens (tertiary/aromatic N) is 1. The molecule has 0 bridgehead atoms. The lowest BCUT2D eigenvalue weighted by atomic mass is 10.2. The molecule has 0 aromatic carbocycles. The number of hydrogen-bond donors (Lipinski definition) is 2. The summed E-state index contributed by atoms with van der Waals surface area (Å²) in [7, 11) is 0. The first kappa shape index (κ1) is 13.2. The minimum absolute atomic E-state index is 0.305. The Hall–Kier alpha value is -2.21. The molecule has 0 spiro atoms. The number of nitrogens with two attached hydrogens (primary N) is 1. The molecule has 3 N–H and O–H groups in total. The average Bonchev–Trinajstić information content (AvgIpc) is 2.70. The molecular weight excluding hydrogens is 262 g/mol. The summed E-state index contributed by atoms with van der Waals surface area (Å²) in [5, 5.41) is 3.16. The number of amides is 2. The molecular formula is C13H13N3O2S. The second-order valence-corrected chi connectivity index (χ2v) is 5.43. The van der Waals surface area contributed by atoms with Gasteiger partial charge >= 0.3 is 0 Å². The molecule has 0 saturated heterocycles. The van der Waals surface area contributed by atoms with E-state index in [-0.39, 0.29) is 5.91 Å². The number of pyridine rings is 1. The molecule has 0 aliphatic heterocycles. The lowest BCUT2D eigenvalue weighted by Crippen LogP contribution is -2.16. The van der Waals surface area contributed by atoms with E-state index in [0.29, 0.717) is 16.1 Å². The van der Waals surface area contributed by atoms with E-state index >= 15 is 0 Å². The highest BCUT2D eigenvalue weighted by atomic mass is 32.1. The van der Waals surface area contributed by atoms with Crippen LogP contribution in [0.5, 0.6) is 0 Å². The largest absolute Gasteiger partial charge is 0.366 e. The average molecular weight is 275 g/mol. The number of hydrogen-bond acceptors (Lipinski definition) is 4. The van der Waals surface area contributed by atoms with E-state index in [9.17, 15) is 9.59 Å². The van der Waals surface area contributed by atoms with Gasteiger partial charge in [0.05, 0.1) is 11.1 Å². The molecule has 5 nitrogen and oxygen atoms in total.